The molecule has 6 heteroatoms. The maximum absolute atomic E-state index is 12.4. The molecule has 0 saturated carbocycles. The Morgan fingerprint density at radius 1 is 1.30 bits per heavy atom. The normalized spacial score (nSPS) is 19.5. The average Bonchev–Trinajstić information content (AvgIpc) is 2.94. The first-order chi connectivity index (χ1) is 12.9. The maximum atomic E-state index is 12.4. The standard InChI is InChI=1S/C21H27N3O2S/c1-21(2,3)26-20(25)24-12-6-8-15(13-24)18-23-17-11-10-14-7-4-5-9-16(14)22-19(17)27-18/h4-5,7,9,15,22H,6,8,10-13H2,1-3H3. The minimum Gasteiger partial charge on any atom is -0.444 e. The van der Waals surface area contributed by atoms with E-state index in [9.17, 15) is 4.79 Å². The van der Waals surface area contributed by atoms with Crippen LogP contribution in [0.3, 0.4) is 0 Å². The number of benzene rings is 1. The molecule has 5 nitrogen and oxygen atoms in total. The molecule has 1 saturated heterocycles. The number of likely N-dealkylation sites (tertiary alicyclic amines) is 1. The summed E-state index contributed by atoms with van der Waals surface area (Å²) in [6.45, 7) is 7.19. The summed E-state index contributed by atoms with van der Waals surface area (Å²) >= 11 is 1.74. The van der Waals surface area contributed by atoms with Crippen LogP contribution in [0.15, 0.2) is 24.3 Å². The molecule has 1 fully saturated rings. The van der Waals surface area contributed by atoms with Crippen molar-refractivity contribution in [2.24, 2.45) is 0 Å². The third kappa shape index (κ3) is 4.10. The Labute approximate surface area is 164 Å². The smallest absolute Gasteiger partial charge is 0.410 e. The van der Waals surface area contributed by atoms with Crippen LogP contribution in [0.1, 0.15) is 55.8 Å². The highest BCUT2D eigenvalue weighted by atomic mass is 32.1. The van der Waals surface area contributed by atoms with Gasteiger partial charge in [0, 0.05) is 24.7 Å². The SMILES string of the molecule is CC(C)(C)OC(=O)N1CCCC(c2nc3c(s2)Nc2ccccc2CC3)C1. The Bertz CT molecular complexity index is 840. The molecular formula is C21H27N3O2S. The Hall–Kier alpha value is -2.08. The van der Waals surface area contributed by atoms with Gasteiger partial charge >= 0.3 is 6.09 Å². The average molecular weight is 386 g/mol. The van der Waals surface area contributed by atoms with Crippen molar-refractivity contribution in [1.29, 1.82) is 0 Å². The van der Waals surface area contributed by atoms with Crippen molar-refractivity contribution in [1.82, 2.24) is 9.88 Å². The highest BCUT2D eigenvalue weighted by molar-refractivity contribution is 7.16. The summed E-state index contributed by atoms with van der Waals surface area (Å²) in [7, 11) is 0. The van der Waals surface area contributed by atoms with Gasteiger partial charge in [-0.15, -0.1) is 11.3 Å². The first-order valence-electron chi connectivity index (χ1n) is 9.71. The van der Waals surface area contributed by atoms with Crippen LogP contribution in [-0.2, 0) is 17.6 Å². The van der Waals surface area contributed by atoms with E-state index in [4.69, 9.17) is 9.72 Å². The second-order valence-electron chi connectivity index (χ2n) is 8.38. The van der Waals surface area contributed by atoms with Gasteiger partial charge in [-0.3, -0.25) is 0 Å². The molecule has 4 rings (SSSR count). The van der Waals surface area contributed by atoms with Gasteiger partial charge in [-0.25, -0.2) is 9.78 Å². The van der Waals surface area contributed by atoms with E-state index >= 15 is 0 Å². The van der Waals surface area contributed by atoms with E-state index in [0.29, 0.717) is 12.5 Å². The van der Waals surface area contributed by atoms with Crippen molar-refractivity contribution in [2.45, 2.75) is 58.0 Å². The molecule has 2 aromatic rings. The monoisotopic (exact) mass is 385 g/mol. The minimum absolute atomic E-state index is 0.211. The van der Waals surface area contributed by atoms with Gasteiger partial charge in [0.2, 0.25) is 0 Å². The molecule has 3 heterocycles. The van der Waals surface area contributed by atoms with Crippen LogP contribution in [-0.4, -0.2) is 34.7 Å². The lowest BCUT2D eigenvalue weighted by molar-refractivity contribution is 0.0198. The highest BCUT2D eigenvalue weighted by Crippen LogP contribution is 2.38. The van der Waals surface area contributed by atoms with Crippen molar-refractivity contribution in [3.8, 4) is 0 Å². The summed E-state index contributed by atoms with van der Waals surface area (Å²) in [5.41, 5.74) is 3.23. The highest BCUT2D eigenvalue weighted by Gasteiger charge is 2.30. The minimum atomic E-state index is -0.458. The molecule has 1 aromatic carbocycles. The summed E-state index contributed by atoms with van der Waals surface area (Å²) in [6, 6.07) is 8.47. The quantitative estimate of drug-likeness (QED) is 0.742. The fraction of sp³-hybridized carbons (Fsp3) is 0.524. The van der Waals surface area contributed by atoms with Gasteiger partial charge in [0.05, 0.1) is 10.7 Å². The van der Waals surface area contributed by atoms with Crippen LogP contribution < -0.4 is 5.32 Å². The molecule has 1 amide bonds. The molecule has 1 unspecified atom stereocenters. The third-order valence-corrected chi connectivity index (χ3v) is 6.21. The number of carbonyl (C=O) groups is 1. The van der Waals surface area contributed by atoms with E-state index in [0.717, 1.165) is 47.9 Å². The lowest BCUT2D eigenvalue weighted by Gasteiger charge is -2.33. The number of ether oxygens (including phenoxy) is 1. The summed E-state index contributed by atoms with van der Waals surface area (Å²) < 4.78 is 5.56. The number of fused-ring (bicyclic) bond motifs is 2. The lowest BCUT2D eigenvalue weighted by Crippen LogP contribution is -2.42. The molecule has 144 valence electrons. The molecule has 0 bridgehead atoms. The van der Waals surface area contributed by atoms with Gasteiger partial charge in [0.15, 0.2) is 0 Å². The van der Waals surface area contributed by atoms with Crippen molar-refractivity contribution in [3.05, 3.63) is 40.5 Å². The fourth-order valence-corrected chi connectivity index (χ4v) is 4.87. The number of hydrogen-bond acceptors (Lipinski definition) is 5. The summed E-state index contributed by atoms with van der Waals surface area (Å²) in [6.07, 6.45) is 3.82. The number of nitrogens with zero attached hydrogens (tertiary/aromatic N) is 2. The van der Waals surface area contributed by atoms with Crippen LogP contribution in [0.4, 0.5) is 15.5 Å². The number of carbonyl (C=O) groups excluding carboxylic acids is 1. The summed E-state index contributed by atoms with van der Waals surface area (Å²) in [4.78, 5) is 19.2. The Morgan fingerprint density at radius 2 is 2.11 bits per heavy atom. The lowest BCUT2D eigenvalue weighted by atomic mass is 9.99. The number of piperidine rings is 1. The zero-order valence-electron chi connectivity index (χ0n) is 16.2. The predicted molar refractivity (Wildman–Crippen MR) is 109 cm³/mol. The molecule has 27 heavy (non-hydrogen) atoms. The van der Waals surface area contributed by atoms with Gasteiger partial charge < -0.3 is 15.0 Å². The zero-order chi connectivity index (χ0) is 19.0. The van der Waals surface area contributed by atoms with E-state index in [-0.39, 0.29) is 6.09 Å². The van der Waals surface area contributed by atoms with Crippen molar-refractivity contribution in [2.75, 3.05) is 18.4 Å². The molecule has 0 radical (unpaired) electrons. The van der Waals surface area contributed by atoms with Gasteiger partial charge in [0.25, 0.3) is 0 Å². The van der Waals surface area contributed by atoms with E-state index in [1.165, 1.54) is 11.3 Å². The topological polar surface area (TPSA) is 54.5 Å². The molecule has 0 spiro atoms. The number of nitrogens with one attached hydrogen (secondary N) is 1. The predicted octanol–water partition coefficient (Wildman–Crippen LogP) is 5.10. The van der Waals surface area contributed by atoms with Crippen molar-refractivity contribution >= 4 is 28.1 Å². The molecule has 1 N–H and O–H groups in total. The first-order valence-corrected chi connectivity index (χ1v) is 10.5. The Kier molecular flexibility index (Phi) is 4.84. The Balaban J connectivity index is 1.49. The number of para-hydroxylation sites is 1. The maximum Gasteiger partial charge on any atom is 0.410 e. The molecule has 1 aromatic heterocycles. The second kappa shape index (κ2) is 7.15. The Morgan fingerprint density at radius 3 is 2.93 bits per heavy atom. The third-order valence-electron chi connectivity index (χ3n) is 5.03. The summed E-state index contributed by atoms with van der Waals surface area (Å²) in [5, 5.41) is 5.87. The number of hydrogen-bond donors (Lipinski definition) is 1. The van der Waals surface area contributed by atoms with E-state index in [1.807, 2.05) is 25.7 Å². The molecular weight excluding hydrogens is 358 g/mol. The van der Waals surface area contributed by atoms with Crippen LogP contribution in [0.5, 0.6) is 0 Å². The second-order valence-corrected chi connectivity index (χ2v) is 9.41. The van der Waals surface area contributed by atoms with Gasteiger partial charge in [-0.05, 0) is 58.1 Å². The van der Waals surface area contributed by atoms with Crippen molar-refractivity contribution < 1.29 is 9.53 Å². The fourth-order valence-electron chi connectivity index (χ4n) is 3.72. The molecule has 2 aliphatic rings. The van der Waals surface area contributed by atoms with Crippen LogP contribution in [0.2, 0.25) is 0 Å². The van der Waals surface area contributed by atoms with E-state index in [1.54, 1.807) is 11.3 Å². The number of aryl methyl sites for hydroxylation is 2. The molecule has 1 atom stereocenters. The van der Waals surface area contributed by atoms with Gasteiger partial charge in [-0.2, -0.15) is 0 Å². The molecule has 0 aliphatic carbocycles. The number of rotatable bonds is 1. The number of anilines is 2. The van der Waals surface area contributed by atoms with Gasteiger partial charge in [0.1, 0.15) is 10.6 Å². The number of thiazole rings is 1. The van der Waals surface area contributed by atoms with Gasteiger partial charge in [-0.1, -0.05) is 18.2 Å². The van der Waals surface area contributed by atoms with Crippen LogP contribution >= 0.6 is 11.3 Å². The molecule has 2 aliphatic heterocycles. The van der Waals surface area contributed by atoms with E-state index < -0.39 is 5.60 Å². The van der Waals surface area contributed by atoms with Crippen molar-refractivity contribution in [3.63, 3.8) is 0 Å². The first kappa shape index (κ1) is 18.3. The van der Waals surface area contributed by atoms with E-state index in [2.05, 4.69) is 29.6 Å². The number of amides is 1. The van der Waals surface area contributed by atoms with Crippen LogP contribution in [0, 0.1) is 0 Å². The zero-order valence-corrected chi connectivity index (χ0v) is 17.1. The van der Waals surface area contributed by atoms with Crippen LogP contribution in [0.25, 0.3) is 0 Å². The number of aromatic nitrogens is 1. The summed E-state index contributed by atoms with van der Waals surface area (Å²) in [5.74, 6) is 0.292. The largest absolute Gasteiger partial charge is 0.444 e.